The number of hydrazone groups is 1. The fourth-order valence-electron chi connectivity index (χ4n) is 0.665. The predicted molar refractivity (Wildman–Crippen MR) is 55.8 cm³/mol. The van der Waals surface area contributed by atoms with E-state index in [0.29, 0.717) is 11.6 Å². The van der Waals surface area contributed by atoms with Crippen LogP contribution in [-0.4, -0.2) is 23.6 Å². The maximum Gasteiger partial charge on any atom is 0.129 e. The second kappa shape index (κ2) is 8.39. The van der Waals surface area contributed by atoms with Gasteiger partial charge in [-0.25, -0.2) is 0 Å². The third-order valence-corrected chi connectivity index (χ3v) is 2.38. The normalized spacial score (nSPS) is 11.5. The molecule has 0 atom stereocenters. The molecule has 70 valence electrons. The Morgan fingerprint density at radius 2 is 2.25 bits per heavy atom. The predicted octanol–water partition coefficient (Wildman–Crippen LogP) is 0.770. The number of thioether (sulfide) groups is 1. The lowest BCUT2D eigenvalue weighted by Gasteiger charge is -1.98. The molecule has 0 amide bonds. The molecule has 5 N–H and O–H groups in total. The summed E-state index contributed by atoms with van der Waals surface area (Å²) in [7, 11) is 0. The number of hydrogen-bond acceptors (Lipinski definition) is 4. The van der Waals surface area contributed by atoms with Crippen LogP contribution in [0.25, 0.3) is 0 Å². The monoisotopic (exact) mass is 188 g/mol. The van der Waals surface area contributed by atoms with Crippen molar-refractivity contribution in [1.29, 1.82) is 5.41 Å². The minimum absolute atomic E-state index is 0.493. The van der Waals surface area contributed by atoms with E-state index in [9.17, 15) is 0 Å². The summed E-state index contributed by atoms with van der Waals surface area (Å²) in [6.07, 6.45) is 4.52. The summed E-state index contributed by atoms with van der Waals surface area (Å²) in [4.78, 5) is 0. The topological polar surface area (TPSA) is 88.2 Å². The van der Waals surface area contributed by atoms with Crippen LogP contribution in [0.3, 0.4) is 0 Å². The van der Waals surface area contributed by atoms with Gasteiger partial charge in [0.15, 0.2) is 0 Å². The Hall–Kier alpha value is -0.710. The van der Waals surface area contributed by atoms with Gasteiger partial charge in [-0.05, 0) is 31.2 Å². The molecule has 0 fully saturated rings. The standard InChI is InChI=1S/C7H16N4S/c8-4-2-1-3-5-12-6-7(9)11-10/h4,8H,1-3,5-6,10H2,(H2,9,11). The number of rotatable bonds is 7. The van der Waals surface area contributed by atoms with E-state index in [4.69, 9.17) is 17.0 Å². The quantitative estimate of drug-likeness (QED) is 0.181. The van der Waals surface area contributed by atoms with Crippen molar-refractivity contribution in [2.75, 3.05) is 11.5 Å². The molecule has 0 aliphatic heterocycles. The van der Waals surface area contributed by atoms with Crippen molar-refractivity contribution in [3.63, 3.8) is 0 Å². The van der Waals surface area contributed by atoms with E-state index < -0.39 is 0 Å². The minimum Gasteiger partial charge on any atom is -0.385 e. The highest BCUT2D eigenvalue weighted by atomic mass is 32.2. The highest BCUT2D eigenvalue weighted by molar-refractivity contribution is 7.99. The van der Waals surface area contributed by atoms with Crippen molar-refractivity contribution < 1.29 is 0 Å². The van der Waals surface area contributed by atoms with E-state index >= 15 is 0 Å². The molecule has 0 aromatic rings. The fourth-order valence-corrected chi connectivity index (χ4v) is 1.50. The zero-order valence-electron chi connectivity index (χ0n) is 7.12. The molecule has 0 saturated heterocycles. The number of unbranched alkanes of at least 4 members (excludes halogenated alkanes) is 2. The summed E-state index contributed by atoms with van der Waals surface area (Å²) < 4.78 is 0. The van der Waals surface area contributed by atoms with Crippen LogP contribution in [0.15, 0.2) is 5.10 Å². The number of amidine groups is 1. The van der Waals surface area contributed by atoms with Gasteiger partial charge >= 0.3 is 0 Å². The SMILES string of the molecule is N=CCCCCSCC(N)=NN. The second-order valence-electron chi connectivity index (χ2n) is 2.37. The molecule has 0 radical (unpaired) electrons. The fraction of sp³-hybridized carbons (Fsp3) is 0.714. The van der Waals surface area contributed by atoms with Gasteiger partial charge in [-0.2, -0.15) is 16.9 Å². The second-order valence-corrected chi connectivity index (χ2v) is 3.48. The minimum atomic E-state index is 0.493. The summed E-state index contributed by atoms with van der Waals surface area (Å²) in [5.74, 6) is 7.22. The molecule has 12 heavy (non-hydrogen) atoms. The average Bonchev–Trinajstić information content (AvgIpc) is 2.10. The first-order chi connectivity index (χ1) is 5.81. The molecular weight excluding hydrogens is 172 g/mol. The third kappa shape index (κ3) is 7.40. The van der Waals surface area contributed by atoms with Crippen LogP contribution in [0, 0.1) is 5.41 Å². The zero-order chi connectivity index (χ0) is 9.23. The lowest BCUT2D eigenvalue weighted by molar-refractivity contribution is 0.850. The van der Waals surface area contributed by atoms with Crippen molar-refractivity contribution in [2.24, 2.45) is 16.7 Å². The van der Waals surface area contributed by atoms with Crippen molar-refractivity contribution in [1.82, 2.24) is 0 Å². The van der Waals surface area contributed by atoms with Crippen molar-refractivity contribution in [3.05, 3.63) is 0 Å². The van der Waals surface area contributed by atoms with Crippen molar-refractivity contribution in [3.8, 4) is 0 Å². The Labute approximate surface area is 77.3 Å². The Balaban J connectivity index is 3.05. The molecule has 0 spiro atoms. The van der Waals surface area contributed by atoms with Crippen LogP contribution in [0.2, 0.25) is 0 Å². The zero-order valence-corrected chi connectivity index (χ0v) is 7.94. The summed E-state index contributed by atoms with van der Waals surface area (Å²) in [6.45, 7) is 0. The van der Waals surface area contributed by atoms with Crippen LogP contribution in [0.5, 0.6) is 0 Å². The maximum atomic E-state index is 6.79. The molecule has 0 rings (SSSR count). The largest absolute Gasteiger partial charge is 0.385 e. The van der Waals surface area contributed by atoms with Gasteiger partial charge in [0.05, 0.1) is 5.75 Å². The molecule has 0 saturated carbocycles. The lowest BCUT2D eigenvalue weighted by Crippen LogP contribution is -2.16. The highest BCUT2D eigenvalue weighted by Gasteiger charge is 1.92. The number of nitrogens with zero attached hydrogens (tertiary/aromatic N) is 1. The molecule has 4 nitrogen and oxygen atoms in total. The van der Waals surface area contributed by atoms with Crippen LogP contribution in [-0.2, 0) is 0 Å². The first-order valence-electron chi connectivity index (χ1n) is 3.90. The molecular formula is C7H16N4S. The number of nitrogens with one attached hydrogen (secondary N) is 1. The summed E-state index contributed by atoms with van der Waals surface area (Å²) in [5.41, 5.74) is 5.38. The van der Waals surface area contributed by atoms with E-state index in [1.54, 1.807) is 11.8 Å². The highest BCUT2D eigenvalue weighted by Crippen LogP contribution is 2.04. The van der Waals surface area contributed by atoms with Gasteiger partial charge in [0.25, 0.3) is 0 Å². The van der Waals surface area contributed by atoms with Gasteiger partial charge in [0.1, 0.15) is 5.84 Å². The Kier molecular flexibility index (Phi) is 7.89. The van der Waals surface area contributed by atoms with Gasteiger partial charge in [-0.15, -0.1) is 0 Å². The van der Waals surface area contributed by atoms with Crippen molar-refractivity contribution in [2.45, 2.75) is 19.3 Å². The maximum absolute atomic E-state index is 6.79. The first kappa shape index (κ1) is 11.3. The number of hydrogen-bond donors (Lipinski definition) is 3. The van der Waals surface area contributed by atoms with Crippen LogP contribution in [0.1, 0.15) is 19.3 Å². The van der Waals surface area contributed by atoms with Gasteiger partial charge in [0, 0.05) is 0 Å². The molecule has 0 aliphatic rings. The molecule has 0 aromatic heterocycles. The van der Waals surface area contributed by atoms with Crippen LogP contribution >= 0.6 is 11.8 Å². The van der Waals surface area contributed by atoms with E-state index in [1.165, 1.54) is 6.21 Å². The molecule has 0 heterocycles. The Bertz CT molecular complexity index is 146. The lowest BCUT2D eigenvalue weighted by atomic mass is 10.3. The van der Waals surface area contributed by atoms with Gasteiger partial charge < -0.3 is 17.0 Å². The summed E-state index contributed by atoms with van der Waals surface area (Å²) in [5, 5.41) is 10.2. The van der Waals surface area contributed by atoms with Crippen LogP contribution < -0.4 is 11.6 Å². The Morgan fingerprint density at radius 1 is 1.50 bits per heavy atom. The van der Waals surface area contributed by atoms with Gasteiger partial charge in [-0.3, -0.25) is 0 Å². The van der Waals surface area contributed by atoms with E-state index in [0.717, 1.165) is 25.0 Å². The van der Waals surface area contributed by atoms with Gasteiger partial charge in [-0.1, -0.05) is 0 Å². The summed E-state index contributed by atoms with van der Waals surface area (Å²) in [6, 6.07) is 0. The van der Waals surface area contributed by atoms with E-state index in [1.807, 2.05) is 0 Å². The number of nitrogens with two attached hydrogens (primary N) is 2. The average molecular weight is 188 g/mol. The van der Waals surface area contributed by atoms with Gasteiger partial charge in [0.2, 0.25) is 0 Å². The van der Waals surface area contributed by atoms with Crippen molar-refractivity contribution >= 4 is 23.8 Å². The molecule has 0 aromatic carbocycles. The summed E-state index contributed by atoms with van der Waals surface area (Å²) >= 11 is 1.73. The van der Waals surface area contributed by atoms with E-state index in [-0.39, 0.29) is 0 Å². The molecule has 0 aliphatic carbocycles. The molecule has 5 heteroatoms. The smallest absolute Gasteiger partial charge is 0.129 e. The third-order valence-electron chi connectivity index (χ3n) is 1.30. The Morgan fingerprint density at radius 3 is 2.83 bits per heavy atom. The molecule has 0 unspecified atom stereocenters. The molecule has 0 bridgehead atoms. The first-order valence-corrected chi connectivity index (χ1v) is 5.05. The van der Waals surface area contributed by atoms with E-state index in [2.05, 4.69) is 5.10 Å². The van der Waals surface area contributed by atoms with Crippen LogP contribution in [0.4, 0.5) is 0 Å².